The standard InChI is InChI=1S/C19H17F3N4O/c1-25-13(3-5-18(25)27)10-26-17-7-12(8-23-16(17)9-24-26)11-2-4-15(20)14(6-11)19(21)22/h2,4,6-9,13,19H,3,5,10H2,1H3. The van der Waals surface area contributed by atoms with Crippen LogP contribution in [0.1, 0.15) is 24.8 Å². The predicted octanol–water partition coefficient (Wildman–Crippen LogP) is 3.80. The largest absolute Gasteiger partial charge is 0.341 e. The van der Waals surface area contributed by atoms with Crippen LogP contribution in [0.2, 0.25) is 0 Å². The molecule has 2 aromatic heterocycles. The van der Waals surface area contributed by atoms with Gasteiger partial charge in [-0.05, 0) is 30.2 Å². The third-order valence-corrected chi connectivity index (χ3v) is 5.08. The van der Waals surface area contributed by atoms with E-state index in [1.807, 2.05) is 0 Å². The number of pyridine rings is 1. The molecule has 5 nitrogen and oxygen atoms in total. The van der Waals surface area contributed by atoms with Gasteiger partial charge in [0.1, 0.15) is 11.3 Å². The first-order chi connectivity index (χ1) is 12.9. The predicted molar refractivity (Wildman–Crippen MR) is 93.7 cm³/mol. The van der Waals surface area contributed by atoms with Gasteiger partial charge in [-0.3, -0.25) is 14.5 Å². The van der Waals surface area contributed by atoms with E-state index in [0.29, 0.717) is 29.6 Å². The Labute approximate surface area is 153 Å². The number of nitrogens with zero attached hydrogens (tertiary/aromatic N) is 4. The smallest absolute Gasteiger partial charge is 0.266 e. The second-order valence-electron chi connectivity index (χ2n) is 6.69. The minimum Gasteiger partial charge on any atom is -0.341 e. The quantitative estimate of drug-likeness (QED) is 0.698. The number of hydrogen-bond acceptors (Lipinski definition) is 3. The maximum atomic E-state index is 13.6. The SMILES string of the molecule is CN1C(=O)CCC1Cn1ncc2ncc(-c3ccc(F)c(C(F)F)c3)cc21. The van der Waals surface area contributed by atoms with Crippen LogP contribution in [-0.2, 0) is 11.3 Å². The summed E-state index contributed by atoms with van der Waals surface area (Å²) in [6.45, 7) is 0.530. The molecule has 0 aliphatic carbocycles. The minimum atomic E-state index is -2.89. The van der Waals surface area contributed by atoms with Gasteiger partial charge >= 0.3 is 0 Å². The molecule has 27 heavy (non-hydrogen) atoms. The molecule has 0 N–H and O–H groups in total. The van der Waals surface area contributed by atoms with Crippen molar-refractivity contribution in [3.8, 4) is 11.1 Å². The summed E-state index contributed by atoms with van der Waals surface area (Å²) < 4.78 is 41.3. The highest BCUT2D eigenvalue weighted by Gasteiger charge is 2.28. The second-order valence-corrected chi connectivity index (χ2v) is 6.69. The number of likely N-dealkylation sites (tertiary alicyclic amines) is 1. The summed E-state index contributed by atoms with van der Waals surface area (Å²) in [5.74, 6) is -0.817. The fourth-order valence-electron chi connectivity index (χ4n) is 3.43. The molecule has 0 saturated carbocycles. The molecule has 0 bridgehead atoms. The molecule has 140 valence electrons. The number of likely N-dealkylation sites (N-methyl/N-ethyl adjacent to an activating group) is 1. The fourth-order valence-corrected chi connectivity index (χ4v) is 3.43. The number of fused-ring (bicyclic) bond motifs is 1. The van der Waals surface area contributed by atoms with Crippen molar-refractivity contribution in [2.75, 3.05) is 7.05 Å². The van der Waals surface area contributed by atoms with Gasteiger partial charge in [0.25, 0.3) is 6.43 Å². The Bertz CT molecular complexity index is 1020. The molecule has 0 radical (unpaired) electrons. The third kappa shape index (κ3) is 3.15. The Hall–Kier alpha value is -2.90. The fraction of sp³-hybridized carbons (Fsp3) is 0.316. The van der Waals surface area contributed by atoms with Gasteiger partial charge in [0.15, 0.2) is 0 Å². The van der Waals surface area contributed by atoms with Gasteiger partial charge < -0.3 is 4.90 Å². The average molecular weight is 374 g/mol. The number of hydrogen-bond donors (Lipinski definition) is 0. The normalized spacial score (nSPS) is 17.4. The number of alkyl halides is 2. The summed E-state index contributed by atoms with van der Waals surface area (Å²) in [6, 6.07) is 5.49. The maximum Gasteiger partial charge on any atom is 0.266 e. The molecule has 1 aromatic carbocycles. The first kappa shape index (κ1) is 17.5. The lowest BCUT2D eigenvalue weighted by molar-refractivity contribution is -0.127. The molecule has 1 unspecified atom stereocenters. The zero-order chi connectivity index (χ0) is 19.1. The summed E-state index contributed by atoms with van der Waals surface area (Å²) in [5, 5.41) is 4.35. The van der Waals surface area contributed by atoms with Crippen LogP contribution in [0.5, 0.6) is 0 Å². The lowest BCUT2D eigenvalue weighted by Crippen LogP contribution is -2.32. The van der Waals surface area contributed by atoms with E-state index >= 15 is 0 Å². The number of rotatable bonds is 4. The van der Waals surface area contributed by atoms with Crippen LogP contribution < -0.4 is 0 Å². The molecule has 1 fully saturated rings. The van der Waals surface area contributed by atoms with Gasteiger partial charge in [0.2, 0.25) is 5.91 Å². The van der Waals surface area contributed by atoms with Crippen LogP contribution >= 0.6 is 0 Å². The number of carbonyl (C=O) groups excluding carboxylic acids is 1. The Morgan fingerprint density at radius 2 is 2.04 bits per heavy atom. The lowest BCUT2D eigenvalue weighted by atomic mass is 10.0. The molecule has 1 aliphatic heterocycles. The molecular formula is C19H17F3N4O. The van der Waals surface area contributed by atoms with Crippen molar-refractivity contribution < 1.29 is 18.0 Å². The summed E-state index contributed by atoms with van der Waals surface area (Å²) in [5.41, 5.74) is 1.83. The molecule has 3 heterocycles. The van der Waals surface area contributed by atoms with E-state index < -0.39 is 17.8 Å². The van der Waals surface area contributed by atoms with Gasteiger partial charge in [-0.1, -0.05) is 6.07 Å². The Morgan fingerprint density at radius 3 is 2.74 bits per heavy atom. The van der Waals surface area contributed by atoms with Crippen molar-refractivity contribution in [3.63, 3.8) is 0 Å². The van der Waals surface area contributed by atoms with E-state index in [4.69, 9.17) is 0 Å². The zero-order valence-electron chi connectivity index (χ0n) is 14.6. The van der Waals surface area contributed by atoms with E-state index in [0.717, 1.165) is 24.1 Å². The molecule has 1 aliphatic rings. The monoisotopic (exact) mass is 374 g/mol. The highest BCUT2D eigenvalue weighted by Crippen LogP contribution is 2.29. The maximum absolute atomic E-state index is 13.6. The van der Waals surface area contributed by atoms with Crippen molar-refractivity contribution in [2.45, 2.75) is 31.9 Å². The van der Waals surface area contributed by atoms with Crippen molar-refractivity contribution >= 4 is 16.9 Å². The first-order valence-corrected chi connectivity index (χ1v) is 8.59. The van der Waals surface area contributed by atoms with E-state index in [1.165, 1.54) is 6.07 Å². The highest BCUT2D eigenvalue weighted by atomic mass is 19.3. The molecule has 1 saturated heterocycles. The Kier molecular flexibility index (Phi) is 4.33. The number of carbonyl (C=O) groups is 1. The molecule has 8 heteroatoms. The van der Waals surface area contributed by atoms with E-state index in [9.17, 15) is 18.0 Å². The van der Waals surface area contributed by atoms with Crippen LogP contribution in [0.15, 0.2) is 36.7 Å². The number of benzene rings is 1. The van der Waals surface area contributed by atoms with Gasteiger partial charge in [-0.25, -0.2) is 13.2 Å². The minimum absolute atomic E-state index is 0.0560. The van der Waals surface area contributed by atoms with Crippen molar-refractivity contribution in [1.29, 1.82) is 0 Å². The van der Waals surface area contributed by atoms with Gasteiger partial charge in [0.05, 0.1) is 29.9 Å². The number of halogens is 3. The van der Waals surface area contributed by atoms with Crippen molar-refractivity contribution in [1.82, 2.24) is 19.7 Å². The van der Waals surface area contributed by atoms with Crippen LogP contribution in [0.4, 0.5) is 13.2 Å². The van der Waals surface area contributed by atoms with Crippen LogP contribution in [0, 0.1) is 5.82 Å². The van der Waals surface area contributed by atoms with Gasteiger partial charge in [-0.2, -0.15) is 5.10 Å². The molecule has 1 atom stereocenters. The second kappa shape index (κ2) is 6.68. The summed E-state index contributed by atoms with van der Waals surface area (Å²) >= 11 is 0. The molecule has 1 amide bonds. The van der Waals surface area contributed by atoms with Crippen LogP contribution in [0.25, 0.3) is 22.2 Å². The number of amides is 1. The Balaban J connectivity index is 1.70. The van der Waals surface area contributed by atoms with E-state index in [-0.39, 0.29) is 11.9 Å². The highest BCUT2D eigenvalue weighted by molar-refractivity contribution is 5.81. The van der Waals surface area contributed by atoms with Crippen molar-refractivity contribution in [2.24, 2.45) is 0 Å². The molecular weight excluding hydrogens is 357 g/mol. The van der Waals surface area contributed by atoms with Crippen LogP contribution in [-0.4, -0.2) is 38.7 Å². The van der Waals surface area contributed by atoms with E-state index in [2.05, 4.69) is 10.1 Å². The van der Waals surface area contributed by atoms with Gasteiger partial charge in [0, 0.05) is 25.2 Å². The Morgan fingerprint density at radius 1 is 1.22 bits per heavy atom. The lowest BCUT2D eigenvalue weighted by Gasteiger charge is -2.20. The molecule has 4 rings (SSSR count). The molecule has 3 aromatic rings. The van der Waals surface area contributed by atoms with Crippen molar-refractivity contribution in [3.05, 3.63) is 48.0 Å². The van der Waals surface area contributed by atoms with Gasteiger partial charge in [-0.15, -0.1) is 0 Å². The topological polar surface area (TPSA) is 51.0 Å². The van der Waals surface area contributed by atoms with Crippen LogP contribution in [0.3, 0.4) is 0 Å². The average Bonchev–Trinajstić information content (AvgIpc) is 3.20. The summed E-state index contributed by atoms with van der Waals surface area (Å²) in [4.78, 5) is 17.8. The summed E-state index contributed by atoms with van der Waals surface area (Å²) in [7, 11) is 1.78. The number of aromatic nitrogens is 3. The summed E-state index contributed by atoms with van der Waals surface area (Å²) in [6.07, 6.45) is 1.59. The third-order valence-electron chi connectivity index (χ3n) is 5.08. The zero-order valence-corrected chi connectivity index (χ0v) is 14.6. The first-order valence-electron chi connectivity index (χ1n) is 8.59. The van der Waals surface area contributed by atoms with E-state index in [1.54, 1.807) is 35.1 Å². The molecule has 0 spiro atoms.